The number of hydrogen-bond acceptors (Lipinski definition) is 3. The van der Waals surface area contributed by atoms with Gasteiger partial charge in [0.15, 0.2) is 0 Å². The second-order valence-corrected chi connectivity index (χ2v) is 8.05. The van der Waals surface area contributed by atoms with Gasteiger partial charge in [0.25, 0.3) is 0 Å². The second-order valence-electron chi connectivity index (χ2n) is 8.05. The Kier molecular flexibility index (Phi) is 4.30. The van der Waals surface area contributed by atoms with Gasteiger partial charge in [0.2, 0.25) is 5.91 Å². The van der Waals surface area contributed by atoms with Gasteiger partial charge in [-0.3, -0.25) is 9.78 Å². The maximum absolute atomic E-state index is 13.2. The van der Waals surface area contributed by atoms with Crippen molar-refractivity contribution >= 4 is 16.8 Å². The Hall–Kier alpha value is -2.82. The van der Waals surface area contributed by atoms with Crippen LogP contribution in [-0.4, -0.2) is 38.5 Å². The Balaban J connectivity index is 1.30. The number of ether oxygens (including phenoxy) is 1. The first-order valence-electron chi connectivity index (χ1n) is 10.1. The average Bonchev–Trinajstić information content (AvgIpc) is 3.17. The summed E-state index contributed by atoms with van der Waals surface area (Å²) in [6, 6.07) is 12.7. The SMILES string of the molecule is Cn1cc(CC(=O)N2C3CCC2CC(Oc2cccnc2)C3)c2ccccc21. The minimum atomic E-state index is 0.170. The number of fused-ring (bicyclic) bond motifs is 3. The Labute approximate surface area is 164 Å². The summed E-state index contributed by atoms with van der Waals surface area (Å²) >= 11 is 0. The van der Waals surface area contributed by atoms with Crippen LogP contribution >= 0.6 is 0 Å². The molecule has 0 aliphatic carbocycles. The zero-order chi connectivity index (χ0) is 19.1. The van der Waals surface area contributed by atoms with Crippen LogP contribution in [0, 0.1) is 0 Å². The van der Waals surface area contributed by atoms with Crippen LogP contribution in [0.1, 0.15) is 31.2 Å². The minimum absolute atomic E-state index is 0.170. The smallest absolute Gasteiger partial charge is 0.227 e. The maximum atomic E-state index is 13.2. The lowest BCUT2D eigenvalue weighted by atomic mass is 9.98. The van der Waals surface area contributed by atoms with Crippen LogP contribution in [0.4, 0.5) is 0 Å². The van der Waals surface area contributed by atoms with Crippen molar-refractivity contribution in [1.29, 1.82) is 0 Å². The van der Waals surface area contributed by atoms with E-state index in [0.717, 1.165) is 37.0 Å². The number of hydrogen-bond donors (Lipinski definition) is 0. The number of aryl methyl sites for hydroxylation is 1. The van der Waals surface area contributed by atoms with E-state index in [0.29, 0.717) is 18.5 Å². The molecule has 2 aliphatic rings. The quantitative estimate of drug-likeness (QED) is 0.698. The molecular formula is C23H25N3O2. The highest BCUT2D eigenvalue weighted by Gasteiger charge is 2.43. The first-order chi connectivity index (χ1) is 13.7. The molecule has 2 unspecified atom stereocenters. The number of aromatic nitrogens is 2. The van der Waals surface area contributed by atoms with Crippen LogP contribution in [0.3, 0.4) is 0 Å². The Morgan fingerprint density at radius 1 is 1.14 bits per heavy atom. The van der Waals surface area contributed by atoms with E-state index in [9.17, 15) is 4.79 Å². The molecule has 5 nitrogen and oxygen atoms in total. The molecule has 0 spiro atoms. The topological polar surface area (TPSA) is 47.4 Å². The molecule has 3 aromatic rings. The predicted octanol–water partition coefficient (Wildman–Crippen LogP) is 3.72. The van der Waals surface area contributed by atoms with Gasteiger partial charge in [-0.25, -0.2) is 0 Å². The van der Waals surface area contributed by atoms with E-state index in [1.54, 1.807) is 12.4 Å². The molecule has 0 radical (unpaired) electrons. The molecule has 2 aliphatic heterocycles. The highest BCUT2D eigenvalue weighted by Crippen LogP contribution is 2.38. The number of pyridine rings is 1. The molecule has 0 N–H and O–H groups in total. The van der Waals surface area contributed by atoms with Gasteiger partial charge < -0.3 is 14.2 Å². The minimum Gasteiger partial charge on any atom is -0.489 e. The Morgan fingerprint density at radius 2 is 1.93 bits per heavy atom. The number of rotatable bonds is 4. The zero-order valence-electron chi connectivity index (χ0n) is 16.1. The van der Waals surface area contributed by atoms with Gasteiger partial charge in [-0.2, -0.15) is 0 Å². The molecule has 2 saturated heterocycles. The normalized spacial score (nSPS) is 23.9. The van der Waals surface area contributed by atoms with Crippen molar-refractivity contribution in [2.24, 2.45) is 7.05 Å². The summed E-state index contributed by atoms with van der Waals surface area (Å²) in [7, 11) is 2.04. The van der Waals surface area contributed by atoms with Gasteiger partial charge in [0.05, 0.1) is 12.6 Å². The van der Waals surface area contributed by atoms with Crippen LogP contribution < -0.4 is 4.74 Å². The number of piperidine rings is 1. The monoisotopic (exact) mass is 375 g/mol. The fraction of sp³-hybridized carbons (Fsp3) is 0.391. The number of carbonyl (C=O) groups is 1. The molecule has 2 aromatic heterocycles. The van der Waals surface area contributed by atoms with E-state index in [4.69, 9.17) is 4.74 Å². The molecule has 2 fully saturated rings. The van der Waals surface area contributed by atoms with E-state index in [1.807, 2.05) is 31.3 Å². The summed E-state index contributed by atoms with van der Waals surface area (Å²) < 4.78 is 8.25. The first kappa shape index (κ1) is 17.3. The number of amides is 1. The third kappa shape index (κ3) is 3.05. The van der Waals surface area contributed by atoms with Gasteiger partial charge in [0, 0.05) is 55.3 Å². The Bertz CT molecular complexity index is 984. The van der Waals surface area contributed by atoms with Gasteiger partial charge in [-0.05, 0) is 36.6 Å². The van der Waals surface area contributed by atoms with Crippen molar-refractivity contribution < 1.29 is 9.53 Å². The molecule has 1 amide bonds. The summed E-state index contributed by atoms with van der Waals surface area (Å²) in [6.07, 6.45) is 10.2. The number of para-hydroxylation sites is 1. The first-order valence-corrected chi connectivity index (χ1v) is 10.1. The molecule has 28 heavy (non-hydrogen) atoms. The highest BCUT2D eigenvalue weighted by molar-refractivity contribution is 5.89. The lowest BCUT2D eigenvalue weighted by Crippen LogP contribution is -2.49. The summed E-state index contributed by atoms with van der Waals surface area (Å²) in [4.78, 5) is 19.5. The molecule has 1 aromatic carbocycles. The largest absolute Gasteiger partial charge is 0.489 e. The summed E-state index contributed by atoms with van der Waals surface area (Å²) in [6.45, 7) is 0. The zero-order valence-corrected chi connectivity index (χ0v) is 16.1. The Morgan fingerprint density at radius 3 is 2.68 bits per heavy atom. The molecular weight excluding hydrogens is 350 g/mol. The van der Waals surface area contributed by atoms with Crippen molar-refractivity contribution in [2.45, 2.75) is 50.3 Å². The predicted molar refractivity (Wildman–Crippen MR) is 108 cm³/mol. The van der Waals surface area contributed by atoms with Crippen molar-refractivity contribution in [3.63, 3.8) is 0 Å². The summed E-state index contributed by atoms with van der Waals surface area (Å²) in [5, 5.41) is 1.18. The molecule has 5 rings (SSSR count). The van der Waals surface area contributed by atoms with Crippen molar-refractivity contribution in [3.8, 4) is 5.75 Å². The summed E-state index contributed by atoms with van der Waals surface area (Å²) in [5.74, 6) is 1.08. The molecule has 2 bridgehead atoms. The van der Waals surface area contributed by atoms with Gasteiger partial charge in [0.1, 0.15) is 11.9 Å². The van der Waals surface area contributed by atoms with Crippen LogP contribution in [0.2, 0.25) is 0 Å². The third-order valence-corrected chi connectivity index (χ3v) is 6.24. The van der Waals surface area contributed by atoms with Crippen molar-refractivity contribution in [2.75, 3.05) is 0 Å². The molecule has 5 heteroatoms. The average molecular weight is 375 g/mol. The van der Waals surface area contributed by atoms with Gasteiger partial charge >= 0.3 is 0 Å². The van der Waals surface area contributed by atoms with E-state index < -0.39 is 0 Å². The third-order valence-electron chi connectivity index (χ3n) is 6.24. The van der Waals surface area contributed by atoms with Crippen molar-refractivity contribution in [3.05, 3.63) is 60.6 Å². The molecule has 4 heterocycles. The lowest BCUT2D eigenvalue weighted by Gasteiger charge is -2.39. The second kappa shape index (κ2) is 6.97. The van der Waals surface area contributed by atoms with Gasteiger partial charge in [-0.15, -0.1) is 0 Å². The van der Waals surface area contributed by atoms with E-state index in [2.05, 4.69) is 32.8 Å². The van der Waals surface area contributed by atoms with Crippen LogP contribution in [-0.2, 0) is 18.3 Å². The number of nitrogens with zero attached hydrogens (tertiary/aromatic N) is 3. The van der Waals surface area contributed by atoms with Crippen LogP contribution in [0.5, 0.6) is 5.75 Å². The highest BCUT2D eigenvalue weighted by atomic mass is 16.5. The number of benzene rings is 1. The standard InChI is InChI=1S/C23H25N3O2/c1-25-15-16(21-6-2-3-7-22(21)25)11-23(27)26-17-8-9-18(26)13-20(12-17)28-19-5-4-10-24-14-19/h2-7,10,14-15,17-18,20H,8-9,11-13H2,1H3. The van der Waals surface area contributed by atoms with Crippen LogP contribution in [0.25, 0.3) is 10.9 Å². The van der Waals surface area contributed by atoms with E-state index in [-0.39, 0.29) is 12.0 Å². The number of carbonyl (C=O) groups excluding carboxylic acids is 1. The maximum Gasteiger partial charge on any atom is 0.227 e. The molecule has 0 saturated carbocycles. The van der Waals surface area contributed by atoms with Crippen LogP contribution in [0.15, 0.2) is 55.0 Å². The summed E-state index contributed by atoms with van der Waals surface area (Å²) in [5.41, 5.74) is 2.30. The van der Waals surface area contributed by atoms with Crippen molar-refractivity contribution in [1.82, 2.24) is 14.5 Å². The molecule has 2 atom stereocenters. The van der Waals surface area contributed by atoms with E-state index >= 15 is 0 Å². The molecule has 144 valence electrons. The fourth-order valence-corrected chi connectivity index (χ4v) is 5.06. The fourth-order valence-electron chi connectivity index (χ4n) is 5.06. The lowest BCUT2D eigenvalue weighted by molar-refractivity contribution is -0.136. The van der Waals surface area contributed by atoms with E-state index in [1.165, 1.54) is 10.9 Å². The van der Waals surface area contributed by atoms with Gasteiger partial charge in [-0.1, -0.05) is 18.2 Å².